The number of aromatic nitrogens is 2. The van der Waals surface area contributed by atoms with Gasteiger partial charge in [-0.15, -0.1) is 0 Å². The van der Waals surface area contributed by atoms with Crippen LogP contribution < -0.4 is 0 Å². The van der Waals surface area contributed by atoms with Crippen molar-refractivity contribution >= 4 is 23.2 Å². The first-order chi connectivity index (χ1) is 7.98. The Kier molecular flexibility index (Phi) is 5.17. The first kappa shape index (κ1) is 14.7. The molecule has 1 heterocycles. The summed E-state index contributed by atoms with van der Waals surface area (Å²) in [6.07, 6.45) is 1.48. The Morgan fingerprint density at radius 3 is 2.00 bits per heavy atom. The molecule has 0 aliphatic heterocycles. The van der Waals surface area contributed by atoms with Crippen molar-refractivity contribution in [3.63, 3.8) is 0 Å². The minimum atomic E-state index is -0.533. The van der Waals surface area contributed by atoms with Crippen molar-refractivity contribution in [3.05, 3.63) is 21.7 Å². The number of hydrogen-bond acceptors (Lipinski definition) is 3. The second-order valence-electron chi connectivity index (χ2n) is 3.98. The van der Waals surface area contributed by atoms with E-state index in [9.17, 15) is 0 Å². The van der Waals surface area contributed by atoms with Crippen molar-refractivity contribution in [3.8, 4) is 0 Å². The molecule has 0 fully saturated rings. The lowest BCUT2D eigenvalue weighted by molar-refractivity contribution is -0.0390. The largest absolute Gasteiger partial charge is 0.368 e. The molecule has 0 bridgehead atoms. The topological polar surface area (TPSA) is 35.0 Å². The molecule has 17 heavy (non-hydrogen) atoms. The summed E-state index contributed by atoms with van der Waals surface area (Å²) in [5.41, 5.74) is 0.251. The van der Waals surface area contributed by atoms with Crippen LogP contribution in [0.25, 0.3) is 0 Å². The van der Waals surface area contributed by atoms with Crippen LogP contribution in [0.2, 0.25) is 10.3 Å². The zero-order valence-electron chi connectivity index (χ0n) is 10.7. The van der Waals surface area contributed by atoms with E-state index in [1.807, 2.05) is 27.7 Å². The Morgan fingerprint density at radius 1 is 1.12 bits per heavy atom. The Labute approximate surface area is 113 Å². The van der Waals surface area contributed by atoms with Crippen LogP contribution in [0, 0.1) is 0 Å². The lowest BCUT2D eigenvalue weighted by atomic mass is 10.0. The van der Waals surface area contributed by atoms with E-state index in [2.05, 4.69) is 9.97 Å². The van der Waals surface area contributed by atoms with Gasteiger partial charge in [0.2, 0.25) is 0 Å². The van der Waals surface area contributed by atoms with Gasteiger partial charge in [0.05, 0.1) is 0 Å². The molecule has 96 valence electrons. The Balaban J connectivity index is 3.23. The van der Waals surface area contributed by atoms with Gasteiger partial charge < -0.3 is 4.74 Å². The van der Waals surface area contributed by atoms with Crippen molar-refractivity contribution in [1.29, 1.82) is 0 Å². The second kappa shape index (κ2) is 5.98. The summed E-state index contributed by atoms with van der Waals surface area (Å²) in [4.78, 5) is 8.62. The smallest absolute Gasteiger partial charge is 0.163 e. The monoisotopic (exact) mass is 276 g/mol. The van der Waals surface area contributed by atoms with Crippen LogP contribution in [0.3, 0.4) is 0 Å². The van der Waals surface area contributed by atoms with Gasteiger partial charge in [0, 0.05) is 12.2 Å². The fraction of sp³-hybridized carbons (Fsp3) is 0.667. The van der Waals surface area contributed by atoms with Crippen LogP contribution in [-0.4, -0.2) is 16.6 Å². The van der Waals surface area contributed by atoms with Crippen LogP contribution in [0.5, 0.6) is 0 Å². The van der Waals surface area contributed by atoms with E-state index in [-0.39, 0.29) is 0 Å². The molecule has 1 rings (SSSR count). The SMILES string of the molecule is CCOC(C)(CC)c1nc(Cl)c(CC)c(Cl)n1. The zero-order chi connectivity index (χ0) is 13.1. The van der Waals surface area contributed by atoms with Gasteiger partial charge in [0.1, 0.15) is 15.9 Å². The zero-order valence-corrected chi connectivity index (χ0v) is 12.2. The molecular formula is C12H18Cl2N2O. The van der Waals surface area contributed by atoms with Crippen molar-refractivity contribution in [2.24, 2.45) is 0 Å². The van der Waals surface area contributed by atoms with E-state index in [4.69, 9.17) is 27.9 Å². The van der Waals surface area contributed by atoms with Gasteiger partial charge in [-0.2, -0.15) is 0 Å². The predicted molar refractivity (Wildman–Crippen MR) is 70.7 cm³/mol. The number of ether oxygens (including phenoxy) is 1. The number of hydrogen-bond donors (Lipinski definition) is 0. The Morgan fingerprint density at radius 2 is 1.65 bits per heavy atom. The highest BCUT2D eigenvalue weighted by Crippen LogP contribution is 2.30. The normalized spacial score (nSPS) is 14.7. The van der Waals surface area contributed by atoms with Crippen LogP contribution in [0.1, 0.15) is 45.5 Å². The summed E-state index contributed by atoms with van der Waals surface area (Å²) in [7, 11) is 0. The highest BCUT2D eigenvalue weighted by molar-refractivity contribution is 6.34. The summed E-state index contributed by atoms with van der Waals surface area (Å²) < 4.78 is 5.71. The lowest BCUT2D eigenvalue weighted by Crippen LogP contribution is -2.28. The molecule has 0 spiro atoms. The first-order valence-electron chi connectivity index (χ1n) is 5.84. The average Bonchev–Trinajstić information content (AvgIpc) is 2.28. The summed E-state index contributed by atoms with van der Waals surface area (Å²) >= 11 is 12.2. The maximum Gasteiger partial charge on any atom is 0.163 e. The fourth-order valence-corrected chi connectivity index (χ4v) is 2.26. The molecule has 3 nitrogen and oxygen atoms in total. The molecule has 0 saturated heterocycles. The first-order valence-corrected chi connectivity index (χ1v) is 6.60. The van der Waals surface area contributed by atoms with Gasteiger partial charge in [-0.3, -0.25) is 0 Å². The molecule has 0 saturated carbocycles. The third-order valence-electron chi connectivity index (χ3n) is 2.87. The van der Waals surface area contributed by atoms with Gasteiger partial charge >= 0.3 is 0 Å². The Bertz CT molecular complexity index is 375. The van der Waals surface area contributed by atoms with Gasteiger partial charge in [-0.05, 0) is 26.7 Å². The van der Waals surface area contributed by atoms with E-state index in [0.29, 0.717) is 22.7 Å². The number of halogens is 2. The maximum atomic E-state index is 6.11. The van der Waals surface area contributed by atoms with E-state index < -0.39 is 5.60 Å². The van der Waals surface area contributed by atoms with Gasteiger partial charge in [-0.1, -0.05) is 37.0 Å². The summed E-state index contributed by atoms with van der Waals surface area (Å²) in [6, 6.07) is 0. The molecule has 0 N–H and O–H groups in total. The molecular weight excluding hydrogens is 259 g/mol. The molecule has 1 unspecified atom stereocenters. The number of rotatable bonds is 5. The molecule has 1 atom stereocenters. The van der Waals surface area contributed by atoms with Gasteiger partial charge in [0.15, 0.2) is 5.82 Å². The minimum absolute atomic E-state index is 0.418. The molecule has 0 aliphatic rings. The van der Waals surface area contributed by atoms with Crippen LogP contribution in [0.15, 0.2) is 0 Å². The quantitative estimate of drug-likeness (QED) is 0.763. The molecule has 5 heteroatoms. The summed E-state index contributed by atoms with van der Waals surface area (Å²) in [5, 5.41) is 0.837. The molecule has 0 aliphatic carbocycles. The predicted octanol–water partition coefficient (Wildman–Crippen LogP) is 4.01. The summed E-state index contributed by atoms with van der Waals surface area (Å²) in [6.45, 7) is 8.48. The second-order valence-corrected chi connectivity index (χ2v) is 4.69. The molecule has 0 amide bonds. The summed E-state index contributed by atoms with van der Waals surface area (Å²) in [5.74, 6) is 0.550. The van der Waals surface area contributed by atoms with E-state index in [1.165, 1.54) is 0 Å². The van der Waals surface area contributed by atoms with Gasteiger partial charge in [0.25, 0.3) is 0 Å². The standard InChI is InChI=1S/C12H18Cl2N2O/c1-5-8-9(13)15-11(16-10(8)14)12(4,6-2)17-7-3/h5-7H2,1-4H3. The van der Waals surface area contributed by atoms with E-state index in [1.54, 1.807) is 0 Å². The van der Waals surface area contributed by atoms with Crippen molar-refractivity contribution in [2.75, 3.05) is 6.61 Å². The lowest BCUT2D eigenvalue weighted by Gasteiger charge is -2.27. The van der Waals surface area contributed by atoms with E-state index in [0.717, 1.165) is 18.4 Å². The van der Waals surface area contributed by atoms with Crippen LogP contribution in [-0.2, 0) is 16.8 Å². The maximum absolute atomic E-state index is 6.11. The fourth-order valence-electron chi connectivity index (χ4n) is 1.60. The molecule has 1 aromatic rings. The van der Waals surface area contributed by atoms with Gasteiger partial charge in [-0.25, -0.2) is 9.97 Å². The average molecular weight is 277 g/mol. The molecule has 0 aromatic carbocycles. The van der Waals surface area contributed by atoms with Crippen molar-refractivity contribution < 1.29 is 4.74 Å². The third-order valence-corrected chi connectivity index (χ3v) is 3.50. The highest BCUT2D eigenvalue weighted by atomic mass is 35.5. The van der Waals surface area contributed by atoms with Crippen molar-refractivity contribution in [1.82, 2.24) is 9.97 Å². The molecule has 0 radical (unpaired) electrons. The number of nitrogens with zero attached hydrogens (tertiary/aromatic N) is 2. The molecule has 1 aromatic heterocycles. The van der Waals surface area contributed by atoms with Crippen molar-refractivity contribution in [2.45, 2.75) is 46.1 Å². The highest BCUT2D eigenvalue weighted by Gasteiger charge is 2.29. The van der Waals surface area contributed by atoms with E-state index >= 15 is 0 Å². The third kappa shape index (κ3) is 3.09. The van der Waals surface area contributed by atoms with Crippen LogP contribution >= 0.6 is 23.2 Å². The Hall–Kier alpha value is -0.380. The minimum Gasteiger partial charge on any atom is -0.368 e. The van der Waals surface area contributed by atoms with Crippen LogP contribution in [0.4, 0.5) is 0 Å².